The molecule has 0 saturated carbocycles. The molecular weight excluding hydrogens is 631 g/mol. The zero-order chi connectivity index (χ0) is 34.4. The number of rotatable bonds is 6. The summed E-state index contributed by atoms with van der Waals surface area (Å²) in [5.74, 6) is 0. The van der Waals surface area contributed by atoms with Crippen LogP contribution in [0.1, 0.15) is 0 Å². The first-order valence-electron chi connectivity index (χ1n) is 17.8. The van der Waals surface area contributed by atoms with Crippen LogP contribution < -0.4 is 4.90 Å². The normalized spacial score (nSPS) is 11.5. The highest BCUT2D eigenvalue weighted by atomic mass is 16.3. The zero-order valence-electron chi connectivity index (χ0n) is 28.4. The molecule has 0 fully saturated rings. The predicted octanol–water partition coefficient (Wildman–Crippen LogP) is 14.4. The summed E-state index contributed by atoms with van der Waals surface area (Å²) in [6.45, 7) is 0. The van der Waals surface area contributed by atoms with Crippen LogP contribution in [0.2, 0.25) is 0 Å². The number of hydrogen-bond donors (Lipinski definition) is 0. The van der Waals surface area contributed by atoms with E-state index in [1.54, 1.807) is 0 Å². The average Bonchev–Trinajstić information content (AvgIpc) is 3.58. The summed E-state index contributed by atoms with van der Waals surface area (Å²) in [5, 5.41) is 7.05. The Morgan fingerprint density at radius 3 is 1.63 bits per heavy atom. The monoisotopic (exact) mass is 663 g/mol. The highest BCUT2D eigenvalue weighted by Crippen LogP contribution is 2.42. The van der Waals surface area contributed by atoms with Crippen LogP contribution in [0.4, 0.5) is 17.1 Å². The van der Waals surface area contributed by atoms with E-state index < -0.39 is 0 Å². The summed E-state index contributed by atoms with van der Waals surface area (Å²) >= 11 is 0. The minimum absolute atomic E-state index is 0.913. The van der Waals surface area contributed by atoms with Crippen molar-refractivity contribution in [1.82, 2.24) is 0 Å². The molecule has 0 aliphatic carbocycles. The van der Waals surface area contributed by atoms with E-state index in [2.05, 4.69) is 193 Å². The standard InChI is InChI=1S/C50H33NO/c1-3-13-34(14-4-1)37-17-11-19-40(29-37)51(41-20-12-18-38(30-41)44-22-8-7-21-43(44)35-15-5-2-6-16-35)42-28-27-36-25-26-39-31-50-48(33-47(39)46(36)32-42)45-23-9-10-24-49(45)52-50/h1-33H. The van der Waals surface area contributed by atoms with Gasteiger partial charge in [-0.1, -0.05) is 146 Å². The van der Waals surface area contributed by atoms with Crippen LogP contribution in [0.5, 0.6) is 0 Å². The Morgan fingerprint density at radius 1 is 0.288 bits per heavy atom. The van der Waals surface area contributed by atoms with Crippen LogP contribution in [0.15, 0.2) is 205 Å². The Balaban J connectivity index is 1.18. The van der Waals surface area contributed by atoms with Gasteiger partial charge in [-0.3, -0.25) is 0 Å². The van der Waals surface area contributed by atoms with E-state index >= 15 is 0 Å². The van der Waals surface area contributed by atoms with E-state index in [4.69, 9.17) is 4.42 Å². The smallest absolute Gasteiger partial charge is 0.136 e. The second-order valence-electron chi connectivity index (χ2n) is 13.4. The molecule has 10 rings (SSSR count). The molecule has 0 bridgehead atoms. The number of benzene rings is 9. The lowest BCUT2D eigenvalue weighted by atomic mass is 9.94. The van der Waals surface area contributed by atoms with Gasteiger partial charge in [-0.2, -0.15) is 0 Å². The number of nitrogens with zero attached hydrogens (tertiary/aromatic N) is 1. The van der Waals surface area contributed by atoms with Crippen molar-refractivity contribution in [2.24, 2.45) is 0 Å². The number of hydrogen-bond acceptors (Lipinski definition) is 2. The third kappa shape index (κ3) is 5.21. The molecule has 0 amide bonds. The van der Waals surface area contributed by atoms with Crippen molar-refractivity contribution in [2.45, 2.75) is 0 Å². The third-order valence-electron chi connectivity index (χ3n) is 10.2. The molecule has 1 heterocycles. The fraction of sp³-hybridized carbons (Fsp3) is 0. The van der Waals surface area contributed by atoms with Crippen LogP contribution in [0, 0.1) is 0 Å². The maximum Gasteiger partial charge on any atom is 0.136 e. The second kappa shape index (κ2) is 12.5. The lowest BCUT2D eigenvalue weighted by Crippen LogP contribution is -2.10. The van der Waals surface area contributed by atoms with Crippen molar-refractivity contribution in [3.63, 3.8) is 0 Å². The molecular formula is C50H33NO. The first-order chi connectivity index (χ1) is 25.8. The number of para-hydroxylation sites is 1. The molecule has 0 aliphatic heterocycles. The Kier molecular flexibility index (Phi) is 7.18. The maximum absolute atomic E-state index is 6.27. The van der Waals surface area contributed by atoms with Gasteiger partial charge in [0.25, 0.3) is 0 Å². The fourth-order valence-electron chi connectivity index (χ4n) is 7.72. The van der Waals surface area contributed by atoms with Crippen molar-refractivity contribution in [1.29, 1.82) is 0 Å². The molecule has 0 saturated heterocycles. The minimum atomic E-state index is 0.913. The van der Waals surface area contributed by atoms with Crippen molar-refractivity contribution in [3.8, 4) is 33.4 Å². The quantitative estimate of drug-likeness (QED) is 0.165. The first-order valence-corrected chi connectivity index (χ1v) is 17.8. The average molecular weight is 664 g/mol. The molecule has 0 N–H and O–H groups in total. The predicted molar refractivity (Wildman–Crippen MR) is 220 cm³/mol. The van der Waals surface area contributed by atoms with Gasteiger partial charge in [0.15, 0.2) is 0 Å². The Labute approximate surface area is 302 Å². The highest BCUT2D eigenvalue weighted by Gasteiger charge is 2.17. The van der Waals surface area contributed by atoms with Crippen molar-refractivity contribution >= 4 is 60.5 Å². The molecule has 0 atom stereocenters. The molecule has 0 radical (unpaired) electrons. The zero-order valence-corrected chi connectivity index (χ0v) is 28.4. The summed E-state index contributed by atoms with van der Waals surface area (Å²) in [4.78, 5) is 2.39. The lowest BCUT2D eigenvalue weighted by molar-refractivity contribution is 0.669. The molecule has 0 unspecified atom stereocenters. The summed E-state index contributed by atoms with van der Waals surface area (Å²) in [6, 6.07) is 71.8. The number of anilines is 3. The van der Waals surface area contributed by atoms with Crippen molar-refractivity contribution in [2.75, 3.05) is 4.90 Å². The molecule has 244 valence electrons. The molecule has 52 heavy (non-hydrogen) atoms. The van der Waals surface area contributed by atoms with Gasteiger partial charge in [0.2, 0.25) is 0 Å². The number of fused-ring (bicyclic) bond motifs is 6. The summed E-state index contributed by atoms with van der Waals surface area (Å²) in [5.41, 5.74) is 12.3. The van der Waals surface area contributed by atoms with Gasteiger partial charge < -0.3 is 9.32 Å². The molecule has 2 heteroatoms. The van der Waals surface area contributed by atoms with Crippen LogP contribution >= 0.6 is 0 Å². The highest BCUT2D eigenvalue weighted by molar-refractivity contribution is 6.17. The van der Waals surface area contributed by atoms with E-state index in [1.165, 1.54) is 49.5 Å². The Hall–Kier alpha value is -6.90. The molecule has 0 spiro atoms. The maximum atomic E-state index is 6.27. The van der Waals surface area contributed by atoms with Crippen LogP contribution in [-0.4, -0.2) is 0 Å². The van der Waals surface area contributed by atoms with Crippen molar-refractivity contribution in [3.05, 3.63) is 200 Å². The van der Waals surface area contributed by atoms with E-state index in [0.29, 0.717) is 0 Å². The van der Waals surface area contributed by atoms with E-state index in [-0.39, 0.29) is 0 Å². The second-order valence-corrected chi connectivity index (χ2v) is 13.4. The lowest BCUT2D eigenvalue weighted by Gasteiger charge is -2.27. The van der Waals surface area contributed by atoms with Gasteiger partial charge >= 0.3 is 0 Å². The molecule has 10 aromatic rings. The van der Waals surface area contributed by atoms with E-state index in [0.717, 1.165) is 44.4 Å². The minimum Gasteiger partial charge on any atom is -0.456 e. The summed E-state index contributed by atoms with van der Waals surface area (Å²) in [6.07, 6.45) is 0. The third-order valence-corrected chi connectivity index (χ3v) is 10.2. The summed E-state index contributed by atoms with van der Waals surface area (Å²) in [7, 11) is 0. The van der Waals surface area contributed by atoms with Gasteiger partial charge in [-0.25, -0.2) is 0 Å². The fourth-order valence-corrected chi connectivity index (χ4v) is 7.72. The van der Waals surface area contributed by atoms with Gasteiger partial charge in [-0.15, -0.1) is 0 Å². The Morgan fingerprint density at radius 2 is 0.846 bits per heavy atom. The van der Waals surface area contributed by atoms with Crippen molar-refractivity contribution < 1.29 is 4.42 Å². The van der Waals surface area contributed by atoms with Crippen LogP contribution in [0.3, 0.4) is 0 Å². The SMILES string of the molecule is c1ccc(-c2cccc(N(c3cccc(-c4ccccc4-c4ccccc4)c3)c3ccc4ccc5cc6oc7ccccc7c6cc5c4c3)c2)cc1. The van der Waals surface area contributed by atoms with Gasteiger partial charge in [-0.05, 0) is 110 Å². The van der Waals surface area contributed by atoms with Gasteiger partial charge in [0.05, 0.1) is 0 Å². The topological polar surface area (TPSA) is 16.4 Å². The molecule has 9 aromatic carbocycles. The van der Waals surface area contributed by atoms with Crippen LogP contribution in [-0.2, 0) is 0 Å². The van der Waals surface area contributed by atoms with E-state index in [9.17, 15) is 0 Å². The largest absolute Gasteiger partial charge is 0.456 e. The van der Waals surface area contributed by atoms with Crippen LogP contribution in [0.25, 0.3) is 76.9 Å². The first kappa shape index (κ1) is 30.0. The van der Waals surface area contributed by atoms with Gasteiger partial charge in [0.1, 0.15) is 11.2 Å². The van der Waals surface area contributed by atoms with Gasteiger partial charge in [0, 0.05) is 27.8 Å². The molecule has 0 aliphatic rings. The van der Waals surface area contributed by atoms with E-state index in [1.807, 2.05) is 12.1 Å². The number of furan rings is 1. The Bertz CT molecular complexity index is 2910. The summed E-state index contributed by atoms with van der Waals surface area (Å²) < 4.78 is 6.27. The molecule has 2 nitrogen and oxygen atoms in total. The molecule has 1 aromatic heterocycles.